The standard InChI is InChI=1S/C29H35N5O/c35-29(30-25-9-5-2-6-10-25)27-19-33-16-15-24(27)17-26(33)18-34-20-28(31-32-34)23-13-11-22(12-14-23)21-7-3-1-4-8-21/h1,3-4,7-8,11-14,20,24-27H,2,5-6,9-10,15-19H2,(H,30,35)/t24-,26+,27-/m0/s1. The summed E-state index contributed by atoms with van der Waals surface area (Å²) in [6.45, 7) is 2.81. The Hall–Kier alpha value is -2.99. The molecule has 6 heteroatoms. The lowest BCUT2D eigenvalue weighted by Crippen LogP contribution is -2.58. The molecule has 1 N–H and O–H groups in total. The van der Waals surface area contributed by atoms with Crippen LogP contribution in [0.15, 0.2) is 60.8 Å². The van der Waals surface area contributed by atoms with E-state index in [9.17, 15) is 4.79 Å². The number of amides is 1. The summed E-state index contributed by atoms with van der Waals surface area (Å²) in [5, 5.41) is 12.3. The van der Waals surface area contributed by atoms with E-state index in [0.717, 1.165) is 56.6 Å². The quantitative estimate of drug-likeness (QED) is 0.565. The van der Waals surface area contributed by atoms with Crippen molar-refractivity contribution in [2.24, 2.45) is 11.8 Å². The van der Waals surface area contributed by atoms with Crippen molar-refractivity contribution in [1.29, 1.82) is 0 Å². The predicted molar refractivity (Wildman–Crippen MR) is 137 cm³/mol. The van der Waals surface area contributed by atoms with Gasteiger partial charge in [0.2, 0.25) is 5.91 Å². The normalized spacial score (nSPS) is 26.5. The maximum atomic E-state index is 13.0. The number of carbonyl (C=O) groups excluding carboxylic acids is 1. The topological polar surface area (TPSA) is 63.1 Å². The van der Waals surface area contributed by atoms with Crippen LogP contribution in [0.3, 0.4) is 0 Å². The van der Waals surface area contributed by atoms with Gasteiger partial charge >= 0.3 is 0 Å². The number of aromatic nitrogens is 3. The zero-order valence-electron chi connectivity index (χ0n) is 20.4. The molecule has 182 valence electrons. The van der Waals surface area contributed by atoms with Crippen LogP contribution in [-0.4, -0.2) is 51.0 Å². The molecule has 4 aliphatic rings. The number of fused-ring (bicyclic) bond motifs is 3. The third-order valence-electron chi connectivity index (χ3n) is 8.39. The van der Waals surface area contributed by atoms with Crippen LogP contribution in [0.2, 0.25) is 0 Å². The number of carbonyl (C=O) groups is 1. The average molecular weight is 470 g/mol. The molecule has 3 aromatic rings. The summed E-state index contributed by atoms with van der Waals surface area (Å²) in [5.74, 6) is 0.936. The Kier molecular flexibility index (Phi) is 6.38. The molecule has 2 bridgehead atoms. The molecule has 4 fully saturated rings. The Morgan fingerprint density at radius 1 is 0.914 bits per heavy atom. The number of hydrogen-bond acceptors (Lipinski definition) is 4. The summed E-state index contributed by atoms with van der Waals surface area (Å²) in [6, 6.07) is 19.8. The third-order valence-corrected chi connectivity index (χ3v) is 8.39. The molecule has 0 radical (unpaired) electrons. The highest BCUT2D eigenvalue weighted by atomic mass is 16.2. The highest BCUT2D eigenvalue weighted by molar-refractivity contribution is 5.79. The Balaban J connectivity index is 1.07. The molecule has 7 rings (SSSR count). The first kappa shape index (κ1) is 22.5. The lowest BCUT2D eigenvalue weighted by Gasteiger charge is -2.49. The zero-order chi connectivity index (χ0) is 23.6. The number of benzene rings is 2. The molecule has 4 atom stereocenters. The van der Waals surface area contributed by atoms with Gasteiger partial charge in [-0.3, -0.25) is 14.4 Å². The first-order valence-electron chi connectivity index (χ1n) is 13.3. The van der Waals surface area contributed by atoms with Crippen molar-refractivity contribution in [3.63, 3.8) is 0 Å². The Bertz CT molecular complexity index is 1140. The van der Waals surface area contributed by atoms with Crippen LogP contribution in [0.5, 0.6) is 0 Å². The van der Waals surface area contributed by atoms with Crippen LogP contribution in [0.25, 0.3) is 22.4 Å². The van der Waals surface area contributed by atoms with E-state index in [2.05, 4.69) is 75.3 Å². The van der Waals surface area contributed by atoms with Crippen LogP contribution >= 0.6 is 0 Å². The zero-order valence-corrected chi connectivity index (χ0v) is 20.4. The highest BCUT2D eigenvalue weighted by Crippen LogP contribution is 2.37. The van der Waals surface area contributed by atoms with Crippen molar-refractivity contribution in [1.82, 2.24) is 25.2 Å². The summed E-state index contributed by atoms with van der Waals surface area (Å²) in [6.07, 6.45) is 10.4. The van der Waals surface area contributed by atoms with E-state index in [-0.39, 0.29) is 5.92 Å². The van der Waals surface area contributed by atoms with E-state index >= 15 is 0 Å². The van der Waals surface area contributed by atoms with Gasteiger partial charge in [0.05, 0.1) is 18.7 Å². The van der Waals surface area contributed by atoms with E-state index in [4.69, 9.17) is 0 Å². The molecular weight excluding hydrogens is 434 g/mol. The second kappa shape index (κ2) is 9.94. The maximum Gasteiger partial charge on any atom is 0.224 e. The van der Waals surface area contributed by atoms with Crippen molar-refractivity contribution in [3.8, 4) is 22.4 Å². The van der Waals surface area contributed by atoms with Crippen molar-refractivity contribution >= 4 is 5.91 Å². The number of nitrogens with zero attached hydrogens (tertiary/aromatic N) is 4. The number of rotatable bonds is 6. The molecule has 1 aromatic heterocycles. The fourth-order valence-electron chi connectivity index (χ4n) is 6.38. The van der Waals surface area contributed by atoms with Crippen molar-refractivity contribution in [2.75, 3.05) is 13.1 Å². The first-order valence-corrected chi connectivity index (χ1v) is 13.3. The molecule has 4 heterocycles. The maximum absolute atomic E-state index is 13.0. The molecule has 3 saturated heterocycles. The molecule has 3 aliphatic heterocycles. The Morgan fingerprint density at radius 2 is 1.66 bits per heavy atom. The van der Waals surface area contributed by atoms with E-state index in [1.165, 1.54) is 30.4 Å². The van der Waals surface area contributed by atoms with Gasteiger partial charge in [-0.2, -0.15) is 0 Å². The largest absolute Gasteiger partial charge is 0.353 e. The lowest BCUT2D eigenvalue weighted by molar-refractivity contribution is -0.134. The Labute approximate surface area is 207 Å². The van der Waals surface area contributed by atoms with Crippen molar-refractivity contribution in [2.45, 2.75) is 63.6 Å². The van der Waals surface area contributed by atoms with Gasteiger partial charge < -0.3 is 5.32 Å². The van der Waals surface area contributed by atoms with Crippen LogP contribution in [0.4, 0.5) is 0 Å². The smallest absolute Gasteiger partial charge is 0.224 e. The van der Waals surface area contributed by atoms with Gasteiger partial charge in [-0.05, 0) is 49.3 Å². The molecular formula is C29H35N5O. The third kappa shape index (κ3) is 4.90. The summed E-state index contributed by atoms with van der Waals surface area (Å²) in [7, 11) is 0. The summed E-state index contributed by atoms with van der Waals surface area (Å²) < 4.78 is 1.99. The van der Waals surface area contributed by atoms with Gasteiger partial charge in [-0.15, -0.1) is 5.10 Å². The monoisotopic (exact) mass is 469 g/mol. The second-order valence-electron chi connectivity index (χ2n) is 10.7. The van der Waals surface area contributed by atoms with Crippen molar-refractivity contribution in [3.05, 3.63) is 60.8 Å². The van der Waals surface area contributed by atoms with Crippen LogP contribution < -0.4 is 5.32 Å². The van der Waals surface area contributed by atoms with E-state index in [0.29, 0.717) is 23.9 Å². The number of piperidine rings is 3. The average Bonchev–Trinajstić information content (AvgIpc) is 3.39. The van der Waals surface area contributed by atoms with Crippen LogP contribution in [-0.2, 0) is 11.3 Å². The minimum atomic E-state index is 0.149. The Morgan fingerprint density at radius 3 is 2.40 bits per heavy atom. The van der Waals surface area contributed by atoms with Gasteiger partial charge in [0.25, 0.3) is 0 Å². The fraction of sp³-hybridized carbons (Fsp3) is 0.483. The van der Waals surface area contributed by atoms with E-state index in [1.807, 2.05) is 10.7 Å². The fourth-order valence-corrected chi connectivity index (χ4v) is 6.38. The second-order valence-corrected chi connectivity index (χ2v) is 10.7. The van der Waals surface area contributed by atoms with Crippen LogP contribution in [0.1, 0.15) is 44.9 Å². The summed E-state index contributed by atoms with van der Waals surface area (Å²) >= 11 is 0. The highest BCUT2D eigenvalue weighted by Gasteiger charge is 2.43. The molecule has 6 nitrogen and oxygen atoms in total. The summed E-state index contributed by atoms with van der Waals surface area (Å²) in [5.41, 5.74) is 4.41. The molecule has 1 amide bonds. The molecule has 1 unspecified atom stereocenters. The first-order chi connectivity index (χ1) is 17.2. The number of nitrogens with one attached hydrogen (secondary N) is 1. The van der Waals surface area contributed by atoms with Gasteiger partial charge in [-0.25, -0.2) is 0 Å². The summed E-state index contributed by atoms with van der Waals surface area (Å²) in [4.78, 5) is 15.5. The van der Waals surface area contributed by atoms with Gasteiger partial charge in [-0.1, -0.05) is 79.1 Å². The lowest BCUT2D eigenvalue weighted by atomic mass is 9.75. The molecule has 1 saturated carbocycles. The number of hydrogen-bond donors (Lipinski definition) is 1. The SMILES string of the molecule is O=C(NC1CCCCC1)[C@H]1CN2CC[C@H]1C[C@@H]2Cn1cc(-c2ccc(-c3ccccc3)cc2)nn1. The van der Waals surface area contributed by atoms with E-state index < -0.39 is 0 Å². The van der Waals surface area contributed by atoms with Gasteiger partial charge in [0, 0.05) is 24.2 Å². The van der Waals surface area contributed by atoms with Crippen LogP contribution in [0, 0.1) is 11.8 Å². The van der Waals surface area contributed by atoms with Gasteiger partial charge in [0.15, 0.2) is 0 Å². The van der Waals surface area contributed by atoms with Gasteiger partial charge in [0.1, 0.15) is 5.69 Å². The van der Waals surface area contributed by atoms with E-state index in [1.54, 1.807) is 0 Å². The molecule has 2 aromatic carbocycles. The minimum Gasteiger partial charge on any atom is -0.353 e. The molecule has 35 heavy (non-hydrogen) atoms. The molecule has 1 aliphatic carbocycles. The van der Waals surface area contributed by atoms with Crippen molar-refractivity contribution < 1.29 is 4.79 Å². The molecule has 0 spiro atoms. The minimum absolute atomic E-state index is 0.149. The predicted octanol–water partition coefficient (Wildman–Crippen LogP) is 4.77.